The van der Waals surface area contributed by atoms with Gasteiger partial charge in [0.25, 0.3) is 5.91 Å². The first-order valence-corrected chi connectivity index (χ1v) is 11.5. The summed E-state index contributed by atoms with van der Waals surface area (Å²) in [6.07, 6.45) is 1.49. The summed E-state index contributed by atoms with van der Waals surface area (Å²) in [6.45, 7) is 6.45. The molecule has 0 bridgehead atoms. The number of halogens is 2. The van der Waals surface area contributed by atoms with Gasteiger partial charge in [-0.15, -0.1) is 0 Å². The summed E-state index contributed by atoms with van der Waals surface area (Å²) in [5.74, 6) is -0.828. The third-order valence-corrected chi connectivity index (χ3v) is 5.71. The minimum Gasteiger partial charge on any atom is -0.381 e. The Kier molecular flexibility index (Phi) is 9.04. The molecule has 0 saturated heterocycles. The molecule has 9 heteroatoms. The van der Waals surface area contributed by atoms with Crippen LogP contribution in [-0.4, -0.2) is 47.2 Å². The summed E-state index contributed by atoms with van der Waals surface area (Å²) in [7, 11) is 0. The topological polar surface area (TPSA) is 85.6 Å². The van der Waals surface area contributed by atoms with E-state index < -0.39 is 12.1 Å². The van der Waals surface area contributed by atoms with E-state index in [1.54, 1.807) is 6.07 Å². The largest absolute Gasteiger partial charge is 0.381 e. The lowest BCUT2D eigenvalue weighted by atomic mass is 10.1. The molecule has 2 N–H and O–H groups in total. The molecule has 1 aromatic carbocycles. The monoisotopic (exact) mass is 467 g/mol. The van der Waals surface area contributed by atoms with Gasteiger partial charge < -0.3 is 19.9 Å². The maximum atomic E-state index is 14.1. The van der Waals surface area contributed by atoms with Crippen LogP contribution in [0, 0.1) is 11.7 Å². The molecule has 0 saturated carbocycles. The molecule has 1 aliphatic heterocycles. The van der Waals surface area contributed by atoms with Crippen molar-refractivity contribution in [3.05, 3.63) is 51.6 Å². The van der Waals surface area contributed by atoms with Gasteiger partial charge in [-0.05, 0) is 37.7 Å². The summed E-state index contributed by atoms with van der Waals surface area (Å²) in [4.78, 5) is 12.8. The van der Waals surface area contributed by atoms with Gasteiger partial charge in [-0.25, -0.2) is 4.39 Å². The Hall–Kier alpha value is -2.00. The van der Waals surface area contributed by atoms with E-state index in [1.165, 1.54) is 12.1 Å². The molecule has 0 fully saturated rings. The van der Waals surface area contributed by atoms with Crippen molar-refractivity contribution in [3.8, 4) is 0 Å². The van der Waals surface area contributed by atoms with Crippen molar-refractivity contribution in [2.24, 2.45) is 5.92 Å². The van der Waals surface area contributed by atoms with Crippen LogP contribution in [0.25, 0.3) is 0 Å². The Morgan fingerprint density at radius 2 is 2.16 bits per heavy atom. The number of aromatic nitrogens is 2. The summed E-state index contributed by atoms with van der Waals surface area (Å²) >= 11 is 5.79. The fourth-order valence-corrected chi connectivity index (χ4v) is 3.96. The number of aliphatic hydroxyl groups excluding tert-OH is 1. The van der Waals surface area contributed by atoms with E-state index in [1.807, 2.05) is 18.5 Å². The number of benzene rings is 1. The highest BCUT2D eigenvalue weighted by molar-refractivity contribution is 6.30. The van der Waals surface area contributed by atoms with Crippen molar-refractivity contribution in [3.63, 3.8) is 0 Å². The van der Waals surface area contributed by atoms with Crippen molar-refractivity contribution >= 4 is 17.5 Å². The van der Waals surface area contributed by atoms with Crippen LogP contribution in [0.1, 0.15) is 60.3 Å². The predicted molar refractivity (Wildman–Crippen MR) is 119 cm³/mol. The molecule has 176 valence electrons. The van der Waals surface area contributed by atoms with E-state index in [0.717, 1.165) is 24.2 Å². The third-order valence-electron chi connectivity index (χ3n) is 5.42. The molecule has 0 radical (unpaired) electrons. The smallest absolute Gasteiger partial charge is 0.255 e. The average Bonchev–Trinajstić information content (AvgIpc) is 3.10. The number of nitrogens with one attached hydrogen (secondary N) is 1. The summed E-state index contributed by atoms with van der Waals surface area (Å²) in [5, 5.41) is 17.9. The molecular weight excluding hydrogens is 437 g/mol. The fourth-order valence-electron chi connectivity index (χ4n) is 3.78. The molecule has 1 unspecified atom stereocenters. The molecule has 3 rings (SSSR count). The van der Waals surface area contributed by atoms with E-state index in [0.29, 0.717) is 44.7 Å². The van der Waals surface area contributed by atoms with Crippen LogP contribution in [0.2, 0.25) is 5.02 Å². The molecule has 32 heavy (non-hydrogen) atoms. The average molecular weight is 468 g/mol. The van der Waals surface area contributed by atoms with Crippen molar-refractivity contribution in [1.82, 2.24) is 15.1 Å². The Labute approximate surface area is 192 Å². The summed E-state index contributed by atoms with van der Waals surface area (Å²) in [6, 6.07) is 4.42. The zero-order valence-corrected chi connectivity index (χ0v) is 19.3. The van der Waals surface area contributed by atoms with Crippen molar-refractivity contribution < 1.29 is 23.8 Å². The third kappa shape index (κ3) is 6.07. The first-order valence-electron chi connectivity index (χ1n) is 11.1. The lowest BCUT2D eigenvalue weighted by Crippen LogP contribution is -2.27. The minimum absolute atomic E-state index is 0.00206. The lowest BCUT2D eigenvalue weighted by molar-refractivity contribution is -0.115. The number of carbonyl (C=O) groups excluding carboxylic acids is 1. The molecule has 2 atom stereocenters. The van der Waals surface area contributed by atoms with E-state index in [4.69, 9.17) is 26.2 Å². The van der Waals surface area contributed by atoms with Gasteiger partial charge in [0.1, 0.15) is 5.82 Å². The number of rotatable bonds is 7. The minimum atomic E-state index is -1.42. The fraction of sp³-hybridized carbons (Fsp3) is 0.565. The molecule has 1 aromatic heterocycles. The molecule has 0 aliphatic carbocycles. The second-order valence-electron chi connectivity index (χ2n) is 8.06. The van der Waals surface area contributed by atoms with Crippen LogP contribution in [0.15, 0.2) is 18.2 Å². The number of aliphatic hydroxyl groups is 1. The van der Waals surface area contributed by atoms with Gasteiger partial charge in [-0.2, -0.15) is 5.10 Å². The van der Waals surface area contributed by atoms with Crippen molar-refractivity contribution in [1.29, 1.82) is 0 Å². The SMILES string of the molecule is CCc1nn(C[C@@H](C)COC(O)c2cccc(Cl)c2F)c2c1C(=O)NCCCOCCC2. The van der Waals surface area contributed by atoms with Gasteiger partial charge in [0, 0.05) is 31.9 Å². The molecule has 1 amide bonds. The number of hydrogen-bond acceptors (Lipinski definition) is 5. The van der Waals surface area contributed by atoms with E-state index >= 15 is 0 Å². The Morgan fingerprint density at radius 1 is 1.38 bits per heavy atom. The molecule has 2 heterocycles. The number of aryl methyl sites for hydroxylation is 1. The van der Waals surface area contributed by atoms with Gasteiger partial charge >= 0.3 is 0 Å². The Balaban J connectivity index is 1.71. The molecular formula is C23H31ClFN3O4. The summed E-state index contributed by atoms with van der Waals surface area (Å²) in [5.41, 5.74) is 2.32. The number of fused-ring (bicyclic) bond motifs is 1. The van der Waals surface area contributed by atoms with Gasteiger partial charge in [-0.3, -0.25) is 9.48 Å². The number of amides is 1. The van der Waals surface area contributed by atoms with Crippen molar-refractivity contribution in [2.45, 2.75) is 52.4 Å². The zero-order chi connectivity index (χ0) is 23.1. The second kappa shape index (κ2) is 11.7. The van der Waals surface area contributed by atoms with E-state index in [2.05, 4.69) is 5.32 Å². The molecule has 1 aliphatic rings. The Morgan fingerprint density at radius 3 is 2.94 bits per heavy atom. The van der Waals surface area contributed by atoms with Crippen LogP contribution >= 0.6 is 11.6 Å². The normalized spacial score (nSPS) is 17.2. The lowest BCUT2D eigenvalue weighted by Gasteiger charge is -2.18. The van der Waals surface area contributed by atoms with Gasteiger partial charge in [0.15, 0.2) is 6.29 Å². The maximum absolute atomic E-state index is 14.1. The highest BCUT2D eigenvalue weighted by atomic mass is 35.5. The highest BCUT2D eigenvalue weighted by Gasteiger charge is 2.24. The van der Waals surface area contributed by atoms with Crippen LogP contribution in [0.3, 0.4) is 0 Å². The van der Waals surface area contributed by atoms with E-state index in [-0.39, 0.29) is 29.0 Å². The standard InChI is InChI=1S/C23H31ClFN3O4/c1-3-18-20-19(9-5-11-31-12-6-10-26-22(20)29)28(27-18)13-15(2)14-32-23(30)16-7-4-8-17(24)21(16)25/h4,7-8,15,23,30H,3,5-6,9-14H2,1-2H3,(H,26,29)/t15-,23?/m1/s1. The van der Waals surface area contributed by atoms with Crippen LogP contribution < -0.4 is 5.32 Å². The van der Waals surface area contributed by atoms with Gasteiger partial charge in [0.05, 0.1) is 28.6 Å². The Bertz CT molecular complexity index is 921. The molecule has 7 nitrogen and oxygen atoms in total. The van der Waals surface area contributed by atoms with Crippen LogP contribution in [0.4, 0.5) is 4.39 Å². The quantitative estimate of drug-likeness (QED) is 0.607. The van der Waals surface area contributed by atoms with Gasteiger partial charge in [0.2, 0.25) is 0 Å². The summed E-state index contributed by atoms with van der Waals surface area (Å²) < 4.78 is 27.1. The first-order chi connectivity index (χ1) is 15.4. The maximum Gasteiger partial charge on any atom is 0.255 e. The number of hydrogen-bond donors (Lipinski definition) is 2. The van der Waals surface area contributed by atoms with Crippen LogP contribution in [-0.2, 0) is 28.9 Å². The number of ether oxygens (including phenoxy) is 2. The highest BCUT2D eigenvalue weighted by Crippen LogP contribution is 2.25. The predicted octanol–water partition coefficient (Wildman–Crippen LogP) is 3.66. The van der Waals surface area contributed by atoms with Crippen molar-refractivity contribution in [2.75, 3.05) is 26.4 Å². The van der Waals surface area contributed by atoms with Crippen LogP contribution in [0.5, 0.6) is 0 Å². The first kappa shape index (κ1) is 24.6. The van der Waals surface area contributed by atoms with E-state index in [9.17, 15) is 14.3 Å². The molecule has 0 spiro atoms. The number of carbonyl (C=O) groups is 1. The number of nitrogens with zero attached hydrogens (tertiary/aromatic N) is 2. The zero-order valence-electron chi connectivity index (χ0n) is 18.6. The van der Waals surface area contributed by atoms with Gasteiger partial charge in [-0.1, -0.05) is 37.6 Å². The second-order valence-corrected chi connectivity index (χ2v) is 8.47. The molecule has 2 aromatic rings.